The van der Waals surface area contributed by atoms with Crippen LogP contribution in [0.2, 0.25) is 0 Å². The fraction of sp³-hybridized carbons (Fsp3) is 0.738. The van der Waals surface area contributed by atoms with Gasteiger partial charge in [-0.3, -0.25) is 4.79 Å². The minimum absolute atomic E-state index is 0.0554. The highest BCUT2D eigenvalue weighted by Gasteiger charge is 2.70. The third kappa shape index (κ3) is 5.53. The van der Waals surface area contributed by atoms with Gasteiger partial charge < -0.3 is 15.0 Å². The monoisotopic (exact) mass is 690 g/mol. The van der Waals surface area contributed by atoms with Crippen LogP contribution >= 0.6 is 0 Å². The summed E-state index contributed by atoms with van der Waals surface area (Å²) >= 11 is 0. The third-order valence-corrected chi connectivity index (χ3v) is 17.9. The summed E-state index contributed by atoms with van der Waals surface area (Å²) < 4.78 is 29.1. The highest BCUT2D eigenvalue weighted by Crippen LogP contribution is 2.76. The number of nitrogens with zero attached hydrogens (tertiary/aromatic N) is 1. The SMILES string of the molecule is C=C(C)[C@@H]1CC[C@]2(NCCN3CCS(=O)(=O)CC3)CC[C@]3(C)[C@H](CC[C@@H]4[C@@]5(C)CC=C(c6ccc(OC=O)cc6)C(C)(C)[C@@H]5CC[C@]43C)[C@@H]12. The van der Waals surface area contributed by atoms with Crippen molar-refractivity contribution < 1.29 is 17.9 Å². The highest BCUT2D eigenvalue weighted by molar-refractivity contribution is 7.91. The predicted octanol–water partition coefficient (Wildman–Crippen LogP) is 7.95. The molecule has 7 heteroatoms. The van der Waals surface area contributed by atoms with Crippen molar-refractivity contribution in [1.29, 1.82) is 0 Å². The first-order valence-corrected chi connectivity index (χ1v) is 21.2. The van der Waals surface area contributed by atoms with E-state index in [1.54, 1.807) is 0 Å². The number of sulfone groups is 1. The average Bonchev–Trinajstić information content (AvgIpc) is 3.43. The Morgan fingerprint density at radius 3 is 2.33 bits per heavy atom. The summed E-state index contributed by atoms with van der Waals surface area (Å²) in [5.74, 6) is 4.40. The summed E-state index contributed by atoms with van der Waals surface area (Å²) in [5, 5.41) is 4.21. The van der Waals surface area contributed by atoms with Gasteiger partial charge in [0.15, 0.2) is 9.84 Å². The summed E-state index contributed by atoms with van der Waals surface area (Å²) in [6, 6.07) is 8.11. The number of benzene rings is 1. The van der Waals surface area contributed by atoms with Crippen LogP contribution in [0.15, 0.2) is 42.5 Å². The summed E-state index contributed by atoms with van der Waals surface area (Å²) in [6.07, 6.45) is 13.9. The van der Waals surface area contributed by atoms with Gasteiger partial charge in [-0.2, -0.15) is 0 Å². The van der Waals surface area contributed by atoms with Crippen molar-refractivity contribution in [2.75, 3.05) is 37.7 Å². The summed E-state index contributed by atoms with van der Waals surface area (Å²) in [5.41, 5.74) is 5.14. The Morgan fingerprint density at radius 1 is 0.939 bits per heavy atom. The topological polar surface area (TPSA) is 75.7 Å². The first kappa shape index (κ1) is 35.4. The Labute approximate surface area is 296 Å². The molecular formula is C42H62N2O4S. The second-order valence-corrected chi connectivity index (χ2v) is 20.8. The predicted molar refractivity (Wildman–Crippen MR) is 199 cm³/mol. The van der Waals surface area contributed by atoms with E-state index in [2.05, 4.69) is 76.5 Å². The van der Waals surface area contributed by atoms with Gasteiger partial charge in [0.05, 0.1) is 11.5 Å². The molecule has 1 N–H and O–H groups in total. The molecule has 1 heterocycles. The minimum atomic E-state index is -2.86. The molecule has 1 aromatic carbocycles. The van der Waals surface area contributed by atoms with Gasteiger partial charge in [0, 0.05) is 31.7 Å². The fourth-order valence-electron chi connectivity index (χ4n) is 13.8. The van der Waals surface area contributed by atoms with Crippen LogP contribution < -0.4 is 10.1 Å². The molecule has 270 valence electrons. The lowest BCUT2D eigenvalue weighted by Gasteiger charge is -2.72. The highest BCUT2D eigenvalue weighted by atomic mass is 32.2. The molecule has 0 spiro atoms. The first-order chi connectivity index (χ1) is 23.1. The van der Waals surface area contributed by atoms with Gasteiger partial charge in [-0.25, -0.2) is 8.42 Å². The Morgan fingerprint density at radius 2 is 1.65 bits per heavy atom. The number of rotatable bonds is 8. The molecule has 1 saturated heterocycles. The lowest BCUT2D eigenvalue weighted by atomic mass is 9.33. The zero-order valence-electron chi connectivity index (χ0n) is 31.2. The van der Waals surface area contributed by atoms with E-state index >= 15 is 0 Å². The van der Waals surface area contributed by atoms with Crippen molar-refractivity contribution >= 4 is 21.9 Å². The van der Waals surface area contributed by atoms with Crippen LogP contribution in [-0.2, 0) is 14.6 Å². The molecule has 0 amide bonds. The van der Waals surface area contributed by atoms with Crippen LogP contribution in [0.1, 0.15) is 105 Å². The molecular weight excluding hydrogens is 629 g/mol. The first-order valence-electron chi connectivity index (χ1n) is 19.3. The molecule has 5 fully saturated rings. The maximum absolute atomic E-state index is 12.0. The van der Waals surface area contributed by atoms with Gasteiger partial charge in [0.25, 0.3) is 6.47 Å². The molecule has 6 aliphatic rings. The Kier molecular flexibility index (Phi) is 8.92. The van der Waals surface area contributed by atoms with Gasteiger partial charge >= 0.3 is 0 Å². The second kappa shape index (κ2) is 12.3. The smallest absolute Gasteiger partial charge is 0.298 e. The number of fused-ring (bicyclic) bond motifs is 7. The molecule has 1 aliphatic heterocycles. The van der Waals surface area contributed by atoms with Crippen LogP contribution in [0, 0.1) is 51.2 Å². The van der Waals surface area contributed by atoms with E-state index in [9.17, 15) is 13.2 Å². The molecule has 5 aliphatic carbocycles. The van der Waals surface area contributed by atoms with Gasteiger partial charge in [-0.05, 0) is 139 Å². The standard InChI is InChI=1S/C42H62N2O4S/c1-29(2)32-14-19-42(43-22-23-44-24-26-49(46,47)27-25-44)21-20-40(6)34(37(32)42)12-13-36-39(5)17-15-33(30-8-10-31(11-9-30)48-28-45)38(3,4)35(39)16-18-41(36,40)7/h8-11,15,28,32,34-37,43H,1,12-14,16-27H2,2-7H3/t32-,34+,35-,36+,37+,39-,40+,41+,42-/m0/s1. The lowest BCUT2D eigenvalue weighted by molar-refractivity contribution is -0.219. The van der Waals surface area contributed by atoms with Crippen molar-refractivity contribution in [3.63, 3.8) is 0 Å². The van der Waals surface area contributed by atoms with Crippen LogP contribution in [0.4, 0.5) is 0 Å². The minimum Gasteiger partial charge on any atom is -0.429 e. The number of ether oxygens (including phenoxy) is 1. The maximum atomic E-state index is 12.0. The van der Waals surface area contributed by atoms with Crippen LogP contribution in [-0.4, -0.2) is 63.0 Å². The van der Waals surface area contributed by atoms with E-state index in [0.717, 1.165) is 19.5 Å². The van der Waals surface area contributed by atoms with E-state index in [-0.39, 0.29) is 16.4 Å². The number of nitrogens with one attached hydrogen (secondary N) is 1. The Bertz CT molecular complexity index is 1590. The fourth-order valence-corrected chi connectivity index (χ4v) is 15.0. The van der Waals surface area contributed by atoms with Crippen LogP contribution in [0.5, 0.6) is 5.75 Å². The number of allylic oxidation sites excluding steroid dienone is 3. The van der Waals surface area contributed by atoms with E-state index in [0.29, 0.717) is 77.2 Å². The summed E-state index contributed by atoms with van der Waals surface area (Å²) in [6.45, 7) is 23.7. The number of carbonyl (C=O) groups is 1. The lowest BCUT2D eigenvalue weighted by Crippen LogP contribution is -2.68. The van der Waals surface area contributed by atoms with E-state index < -0.39 is 9.84 Å². The van der Waals surface area contributed by atoms with Crippen LogP contribution in [0.25, 0.3) is 5.57 Å². The normalized spacial score (nSPS) is 42.5. The molecule has 4 saturated carbocycles. The third-order valence-electron chi connectivity index (χ3n) is 16.3. The van der Waals surface area contributed by atoms with E-state index in [1.807, 2.05) is 12.1 Å². The zero-order valence-corrected chi connectivity index (χ0v) is 32.0. The molecule has 6 nitrogen and oxygen atoms in total. The van der Waals surface area contributed by atoms with Gasteiger partial charge in [-0.1, -0.05) is 65.0 Å². The molecule has 0 bridgehead atoms. The summed E-state index contributed by atoms with van der Waals surface area (Å²) in [7, 11) is -2.86. The molecule has 9 atom stereocenters. The number of carbonyl (C=O) groups excluding carboxylic acids is 1. The van der Waals surface area contributed by atoms with Gasteiger partial charge in [-0.15, -0.1) is 0 Å². The molecule has 0 aromatic heterocycles. The molecule has 49 heavy (non-hydrogen) atoms. The molecule has 0 unspecified atom stereocenters. The quantitative estimate of drug-likeness (QED) is 0.221. The average molecular weight is 691 g/mol. The van der Waals surface area contributed by atoms with Crippen molar-refractivity contribution in [2.24, 2.45) is 51.2 Å². The van der Waals surface area contributed by atoms with Crippen molar-refractivity contribution in [3.8, 4) is 5.75 Å². The van der Waals surface area contributed by atoms with E-state index in [1.165, 1.54) is 68.1 Å². The van der Waals surface area contributed by atoms with E-state index in [4.69, 9.17) is 4.74 Å². The number of hydrogen-bond donors (Lipinski definition) is 1. The largest absolute Gasteiger partial charge is 0.429 e. The number of hydrogen-bond acceptors (Lipinski definition) is 6. The zero-order chi connectivity index (χ0) is 35.0. The maximum Gasteiger partial charge on any atom is 0.298 e. The van der Waals surface area contributed by atoms with Crippen molar-refractivity contribution in [2.45, 2.75) is 105 Å². The molecule has 1 aromatic rings. The van der Waals surface area contributed by atoms with Gasteiger partial charge in [0.1, 0.15) is 5.75 Å². The molecule has 0 radical (unpaired) electrons. The second-order valence-electron chi connectivity index (χ2n) is 18.5. The Balaban J connectivity index is 1.14. The van der Waals surface area contributed by atoms with Crippen LogP contribution in [0.3, 0.4) is 0 Å². The molecule has 7 rings (SSSR count). The van der Waals surface area contributed by atoms with Gasteiger partial charge in [0.2, 0.25) is 0 Å². The Hall–Kier alpha value is -1.96. The summed E-state index contributed by atoms with van der Waals surface area (Å²) in [4.78, 5) is 13.2. The van der Waals surface area contributed by atoms with Crippen molar-refractivity contribution in [1.82, 2.24) is 10.2 Å². The van der Waals surface area contributed by atoms with Crippen molar-refractivity contribution in [3.05, 3.63) is 48.1 Å².